The van der Waals surface area contributed by atoms with Crippen molar-refractivity contribution in [3.05, 3.63) is 12.3 Å². The van der Waals surface area contributed by atoms with Gasteiger partial charge in [0, 0.05) is 7.11 Å². The van der Waals surface area contributed by atoms with Gasteiger partial charge >= 0.3 is 0 Å². The summed E-state index contributed by atoms with van der Waals surface area (Å²) in [7, 11) is 3.18. The monoisotopic (exact) mass is 142 g/mol. The number of hydroxylamine groups is 1. The zero-order valence-corrected chi connectivity index (χ0v) is 6.02. The van der Waals surface area contributed by atoms with Crippen molar-refractivity contribution in [2.45, 2.75) is 6.10 Å². The first-order valence-corrected chi connectivity index (χ1v) is 2.95. The molecule has 10 heavy (non-hydrogen) atoms. The van der Waals surface area contributed by atoms with Gasteiger partial charge in [-0.25, -0.2) is 0 Å². The van der Waals surface area contributed by atoms with Crippen molar-refractivity contribution in [3.63, 3.8) is 0 Å². The minimum atomic E-state index is -0.0219. The maximum atomic E-state index is 4.97. The fourth-order valence-corrected chi connectivity index (χ4v) is 0.625. The molecule has 1 aliphatic heterocycles. The van der Waals surface area contributed by atoms with Gasteiger partial charge in [0.25, 0.3) is 0 Å². The van der Waals surface area contributed by atoms with Crippen molar-refractivity contribution in [2.75, 3.05) is 14.2 Å². The van der Waals surface area contributed by atoms with Crippen molar-refractivity contribution in [2.24, 2.45) is 5.10 Å². The van der Waals surface area contributed by atoms with Crippen LogP contribution in [0.15, 0.2) is 17.4 Å². The lowest BCUT2D eigenvalue weighted by Gasteiger charge is -2.16. The zero-order valence-electron chi connectivity index (χ0n) is 6.02. The van der Waals surface area contributed by atoms with Gasteiger partial charge in [0.2, 0.25) is 0 Å². The molecule has 0 aromatic carbocycles. The van der Waals surface area contributed by atoms with Crippen LogP contribution in [0.25, 0.3) is 0 Å². The molecule has 4 heteroatoms. The highest BCUT2D eigenvalue weighted by atomic mass is 16.7. The van der Waals surface area contributed by atoms with Gasteiger partial charge in [-0.2, -0.15) is 5.10 Å². The van der Waals surface area contributed by atoms with E-state index in [9.17, 15) is 0 Å². The Labute approximate surface area is 59.7 Å². The van der Waals surface area contributed by atoms with Crippen LogP contribution >= 0.6 is 0 Å². The molecule has 1 rings (SSSR count). The standard InChI is InChI=1S/C6H10N2O2/c1-9-6-3-4-8(10-2)7-5-6/h3-6H,1-2H3. The van der Waals surface area contributed by atoms with Crippen LogP contribution in [-0.4, -0.2) is 31.7 Å². The minimum Gasteiger partial charge on any atom is -0.372 e. The molecular formula is C6H10N2O2. The minimum absolute atomic E-state index is 0.0219. The highest BCUT2D eigenvalue weighted by Gasteiger charge is 2.04. The SMILES string of the molecule is COC1C=CN(OC)N=C1. The number of hydrogen-bond donors (Lipinski definition) is 0. The molecular weight excluding hydrogens is 132 g/mol. The van der Waals surface area contributed by atoms with Crippen LogP contribution < -0.4 is 0 Å². The fraction of sp³-hybridized carbons (Fsp3) is 0.500. The van der Waals surface area contributed by atoms with Crippen molar-refractivity contribution >= 4 is 6.21 Å². The van der Waals surface area contributed by atoms with Gasteiger partial charge in [-0.05, 0) is 6.08 Å². The smallest absolute Gasteiger partial charge is 0.114 e. The Morgan fingerprint density at radius 2 is 2.30 bits per heavy atom. The van der Waals surface area contributed by atoms with Gasteiger partial charge < -0.3 is 4.74 Å². The van der Waals surface area contributed by atoms with Gasteiger partial charge in [0.15, 0.2) is 0 Å². The molecule has 0 aliphatic carbocycles. The molecule has 1 atom stereocenters. The second-order valence-electron chi connectivity index (χ2n) is 1.79. The average Bonchev–Trinajstić information content (AvgIpc) is 2.05. The van der Waals surface area contributed by atoms with Crippen molar-refractivity contribution < 1.29 is 9.57 Å². The third-order valence-corrected chi connectivity index (χ3v) is 1.19. The predicted octanol–water partition coefficient (Wildman–Crippen LogP) is 0.378. The molecule has 0 radical (unpaired) electrons. The van der Waals surface area contributed by atoms with E-state index >= 15 is 0 Å². The maximum Gasteiger partial charge on any atom is 0.114 e. The predicted molar refractivity (Wildman–Crippen MR) is 37.3 cm³/mol. The van der Waals surface area contributed by atoms with Gasteiger partial charge in [-0.15, -0.1) is 5.17 Å². The van der Waals surface area contributed by atoms with Crippen LogP contribution in [0.5, 0.6) is 0 Å². The van der Waals surface area contributed by atoms with Crippen LogP contribution in [0.2, 0.25) is 0 Å². The van der Waals surface area contributed by atoms with E-state index in [0.717, 1.165) is 0 Å². The van der Waals surface area contributed by atoms with Crippen LogP contribution in [-0.2, 0) is 9.57 Å². The van der Waals surface area contributed by atoms with E-state index in [4.69, 9.17) is 9.57 Å². The second-order valence-corrected chi connectivity index (χ2v) is 1.79. The summed E-state index contributed by atoms with van der Waals surface area (Å²) in [6, 6.07) is 0. The van der Waals surface area contributed by atoms with Crippen LogP contribution in [0.4, 0.5) is 0 Å². The lowest BCUT2D eigenvalue weighted by Crippen LogP contribution is -2.19. The Morgan fingerprint density at radius 1 is 1.50 bits per heavy atom. The second kappa shape index (κ2) is 3.34. The molecule has 4 nitrogen and oxygen atoms in total. The molecule has 1 unspecified atom stereocenters. The molecule has 0 bridgehead atoms. The van der Waals surface area contributed by atoms with E-state index in [1.54, 1.807) is 26.6 Å². The summed E-state index contributed by atoms with van der Waals surface area (Å²) < 4.78 is 4.97. The summed E-state index contributed by atoms with van der Waals surface area (Å²) in [5, 5.41) is 5.23. The summed E-state index contributed by atoms with van der Waals surface area (Å²) in [5.74, 6) is 0. The van der Waals surface area contributed by atoms with E-state index in [-0.39, 0.29) is 6.10 Å². The van der Waals surface area contributed by atoms with E-state index in [0.29, 0.717) is 0 Å². The Hall–Kier alpha value is -0.870. The van der Waals surface area contributed by atoms with Crippen molar-refractivity contribution in [1.29, 1.82) is 0 Å². The van der Waals surface area contributed by atoms with Crippen molar-refractivity contribution in [3.8, 4) is 0 Å². The topological polar surface area (TPSA) is 34.1 Å². The third kappa shape index (κ3) is 1.55. The highest BCUT2D eigenvalue weighted by molar-refractivity contribution is 5.66. The third-order valence-electron chi connectivity index (χ3n) is 1.19. The number of hydrazone groups is 1. The lowest BCUT2D eigenvalue weighted by molar-refractivity contribution is -0.0890. The molecule has 0 N–H and O–H groups in total. The summed E-state index contributed by atoms with van der Waals surface area (Å²) >= 11 is 0. The zero-order chi connectivity index (χ0) is 7.40. The van der Waals surface area contributed by atoms with Crippen LogP contribution in [0.3, 0.4) is 0 Å². The first-order valence-electron chi connectivity index (χ1n) is 2.95. The van der Waals surface area contributed by atoms with E-state index in [1.807, 2.05) is 6.08 Å². The molecule has 0 amide bonds. The average molecular weight is 142 g/mol. The molecule has 0 spiro atoms. The summed E-state index contributed by atoms with van der Waals surface area (Å²) in [6.07, 6.45) is 5.18. The van der Waals surface area contributed by atoms with Gasteiger partial charge in [-0.1, -0.05) is 0 Å². The van der Waals surface area contributed by atoms with Gasteiger partial charge in [0.1, 0.15) is 6.10 Å². The molecule has 0 saturated heterocycles. The lowest BCUT2D eigenvalue weighted by atomic mass is 10.3. The van der Waals surface area contributed by atoms with Crippen LogP contribution in [0, 0.1) is 0 Å². The molecule has 56 valence electrons. The molecule has 1 heterocycles. The normalized spacial score (nSPS) is 23.8. The number of hydrogen-bond acceptors (Lipinski definition) is 4. The van der Waals surface area contributed by atoms with E-state index in [1.165, 1.54) is 5.17 Å². The molecule has 0 fully saturated rings. The first-order chi connectivity index (χ1) is 4.86. The summed E-state index contributed by atoms with van der Waals surface area (Å²) in [6.45, 7) is 0. The Kier molecular flexibility index (Phi) is 2.42. The molecule has 0 aromatic heterocycles. The fourth-order valence-electron chi connectivity index (χ4n) is 0.625. The Morgan fingerprint density at radius 3 is 2.70 bits per heavy atom. The maximum absolute atomic E-state index is 4.97. The number of methoxy groups -OCH3 is 1. The molecule has 1 aliphatic rings. The van der Waals surface area contributed by atoms with Gasteiger partial charge in [-0.3, -0.25) is 4.84 Å². The Balaban J connectivity index is 2.45. The molecule has 0 saturated carbocycles. The number of rotatable bonds is 2. The highest BCUT2D eigenvalue weighted by Crippen LogP contribution is 2.00. The number of nitrogens with zero attached hydrogens (tertiary/aromatic N) is 2. The summed E-state index contributed by atoms with van der Waals surface area (Å²) in [5.41, 5.74) is 0. The Bertz CT molecular complexity index is 126. The van der Waals surface area contributed by atoms with Crippen molar-refractivity contribution in [1.82, 2.24) is 5.17 Å². The van der Waals surface area contributed by atoms with Crippen LogP contribution in [0.1, 0.15) is 0 Å². The van der Waals surface area contributed by atoms with E-state index < -0.39 is 0 Å². The number of ether oxygens (including phenoxy) is 1. The quantitative estimate of drug-likeness (QED) is 0.559. The molecule has 0 aromatic rings. The van der Waals surface area contributed by atoms with Gasteiger partial charge in [0.05, 0.1) is 19.5 Å². The van der Waals surface area contributed by atoms with E-state index in [2.05, 4.69) is 5.10 Å². The largest absolute Gasteiger partial charge is 0.372 e. The first kappa shape index (κ1) is 7.24. The summed E-state index contributed by atoms with van der Waals surface area (Å²) in [4.78, 5) is 4.78.